The summed E-state index contributed by atoms with van der Waals surface area (Å²) in [6.45, 7) is 4.89. The predicted octanol–water partition coefficient (Wildman–Crippen LogP) is 3.97. The molecule has 0 amide bonds. The van der Waals surface area contributed by atoms with E-state index in [2.05, 4.69) is 43.1 Å². The van der Waals surface area contributed by atoms with Crippen molar-refractivity contribution in [3.63, 3.8) is 0 Å². The van der Waals surface area contributed by atoms with E-state index in [1.54, 1.807) is 18.0 Å². The molecule has 1 atom stereocenters. The van der Waals surface area contributed by atoms with Crippen molar-refractivity contribution in [2.24, 2.45) is 5.73 Å². The maximum absolute atomic E-state index is 6.26. The lowest BCUT2D eigenvalue weighted by atomic mass is 10.1. The van der Waals surface area contributed by atoms with Crippen molar-refractivity contribution in [2.45, 2.75) is 31.2 Å². The minimum absolute atomic E-state index is 0.0480. The van der Waals surface area contributed by atoms with E-state index in [-0.39, 0.29) is 6.04 Å². The van der Waals surface area contributed by atoms with Crippen LogP contribution in [0.1, 0.15) is 30.5 Å². The molecular weight excluding hydrogens is 280 g/mol. The average Bonchev–Trinajstić information content (AvgIpc) is 2.51. The third-order valence-electron chi connectivity index (χ3n) is 3.05. The first-order valence-electron chi connectivity index (χ1n) is 7.22. The van der Waals surface area contributed by atoms with E-state index in [0.717, 1.165) is 23.5 Å². The molecular formula is C17H22N2OS. The van der Waals surface area contributed by atoms with Crippen LogP contribution in [0.3, 0.4) is 0 Å². The van der Waals surface area contributed by atoms with E-state index in [0.29, 0.717) is 6.61 Å². The van der Waals surface area contributed by atoms with Crippen LogP contribution in [0.15, 0.2) is 47.6 Å². The van der Waals surface area contributed by atoms with E-state index in [9.17, 15) is 0 Å². The van der Waals surface area contributed by atoms with Gasteiger partial charge in [0.25, 0.3) is 0 Å². The van der Waals surface area contributed by atoms with Crippen LogP contribution < -0.4 is 10.5 Å². The first-order chi connectivity index (χ1) is 10.2. The van der Waals surface area contributed by atoms with Gasteiger partial charge >= 0.3 is 0 Å². The van der Waals surface area contributed by atoms with Gasteiger partial charge < -0.3 is 10.5 Å². The maximum atomic E-state index is 6.26. The van der Waals surface area contributed by atoms with Gasteiger partial charge in [0.15, 0.2) is 0 Å². The third-order valence-corrected chi connectivity index (χ3v) is 4.17. The molecule has 0 aliphatic carbocycles. The molecule has 3 nitrogen and oxygen atoms in total. The van der Waals surface area contributed by atoms with Crippen LogP contribution in [0.2, 0.25) is 0 Å². The summed E-state index contributed by atoms with van der Waals surface area (Å²) in [5.41, 5.74) is 8.55. The van der Waals surface area contributed by atoms with Crippen molar-refractivity contribution in [1.82, 2.24) is 4.98 Å². The third kappa shape index (κ3) is 5.06. The van der Waals surface area contributed by atoms with Gasteiger partial charge in [-0.15, -0.1) is 11.8 Å². The molecule has 112 valence electrons. The molecule has 2 rings (SSSR count). The summed E-state index contributed by atoms with van der Waals surface area (Å²) in [4.78, 5) is 5.46. The molecule has 0 fully saturated rings. The number of ether oxygens (including phenoxy) is 1. The lowest BCUT2D eigenvalue weighted by molar-refractivity contribution is 0.315. The zero-order valence-corrected chi connectivity index (χ0v) is 13.4. The number of nitrogens with two attached hydrogens (primary N) is 1. The van der Waals surface area contributed by atoms with Crippen LogP contribution in [-0.4, -0.2) is 17.3 Å². The van der Waals surface area contributed by atoms with Gasteiger partial charge in [-0.2, -0.15) is 0 Å². The van der Waals surface area contributed by atoms with Gasteiger partial charge in [0.2, 0.25) is 0 Å². The van der Waals surface area contributed by atoms with Crippen LogP contribution in [0.5, 0.6) is 5.75 Å². The number of rotatable bonds is 7. The number of pyridine rings is 1. The van der Waals surface area contributed by atoms with E-state index in [4.69, 9.17) is 10.5 Å². The Kier molecular flexibility index (Phi) is 6.08. The topological polar surface area (TPSA) is 48.1 Å². The van der Waals surface area contributed by atoms with E-state index in [1.165, 1.54) is 10.5 Å². The fraction of sp³-hybridized carbons (Fsp3) is 0.353. The molecule has 0 aliphatic heterocycles. The first kappa shape index (κ1) is 15.9. The fourth-order valence-corrected chi connectivity index (χ4v) is 2.93. The highest BCUT2D eigenvalue weighted by Gasteiger charge is 2.09. The van der Waals surface area contributed by atoms with Crippen LogP contribution in [0.25, 0.3) is 0 Å². The standard InChI is InChI=1S/C17H22N2OS/c1-3-7-20-15-9-14(10-19-11-15)17(18)12-21-16-6-4-5-13(2)8-16/h4-6,8-11,17H,3,7,12,18H2,1-2H3. The number of benzene rings is 1. The number of hydrogen-bond acceptors (Lipinski definition) is 4. The molecule has 0 aliphatic rings. The Morgan fingerprint density at radius 1 is 1.29 bits per heavy atom. The highest BCUT2D eigenvalue weighted by molar-refractivity contribution is 7.99. The summed E-state index contributed by atoms with van der Waals surface area (Å²) >= 11 is 1.77. The molecule has 4 heteroatoms. The zero-order chi connectivity index (χ0) is 15.1. The van der Waals surface area contributed by atoms with Crippen molar-refractivity contribution < 1.29 is 4.74 Å². The Balaban J connectivity index is 1.95. The summed E-state index contributed by atoms with van der Waals surface area (Å²) in [5, 5.41) is 0. The van der Waals surface area contributed by atoms with Crippen LogP contribution in [0.4, 0.5) is 0 Å². The Labute approximate surface area is 130 Å². The number of thioether (sulfide) groups is 1. The van der Waals surface area contributed by atoms with Crippen LogP contribution in [-0.2, 0) is 0 Å². The van der Waals surface area contributed by atoms with Crippen LogP contribution >= 0.6 is 11.8 Å². The SMILES string of the molecule is CCCOc1cncc(C(N)CSc2cccc(C)c2)c1. The molecule has 0 radical (unpaired) electrons. The molecule has 1 aromatic carbocycles. The lowest BCUT2D eigenvalue weighted by Crippen LogP contribution is -2.13. The summed E-state index contributed by atoms with van der Waals surface area (Å²) in [6.07, 6.45) is 4.54. The maximum Gasteiger partial charge on any atom is 0.137 e. The highest BCUT2D eigenvalue weighted by Crippen LogP contribution is 2.25. The molecule has 2 N–H and O–H groups in total. The van der Waals surface area contributed by atoms with Crippen molar-refractivity contribution in [3.05, 3.63) is 53.9 Å². The number of aryl methyl sites for hydroxylation is 1. The van der Waals surface area contributed by atoms with Gasteiger partial charge in [0, 0.05) is 22.9 Å². The second kappa shape index (κ2) is 8.05. The molecule has 1 aromatic heterocycles. The summed E-state index contributed by atoms with van der Waals surface area (Å²) in [5.74, 6) is 1.62. The monoisotopic (exact) mass is 302 g/mol. The van der Waals surface area contributed by atoms with Gasteiger partial charge in [-0.3, -0.25) is 4.98 Å². The number of nitrogens with zero attached hydrogens (tertiary/aromatic N) is 1. The minimum atomic E-state index is -0.0480. The van der Waals surface area contributed by atoms with Crippen LogP contribution in [0, 0.1) is 6.92 Å². The molecule has 0 saturated carbocycles. The Bertz CT molecular complexity index is 574. The Hall–Kier alpha value is -1.52. The highest BCUT2D eigenvalue weighted by atomic mass is 32.2. The molecule has 21 heavy (non-hydrogen) atoms. The lowest BCUT2D eigenvalue weighted by Gasteiger charge is -2.13. The largest absolute Gasteiger partial charge is 0.492 e. The fourth-order valence-electron chi connectivity index (χ4n) is 1.92. The zero-order valence-electron chi connectivity index (χ0n) is 12.6. The molecule has 0 bridgehead atoms. The predicted molar refractivity (Wildman–Crippen MR) is 88.9 cm³/mol. The first-order valence-corrected chi connectivity index (χ1v) is 8.20. The van der Waals surface area contributed by atoms with Gasteiger partial charge in [-0.25, -0.2) is 0 Å². The van der Waals surface area contributed by atoms with E-state index < -0.39 is 0 Å². The molecule has 0 spiro atoms. The second-order valence-corrected chi connectivity index (χ2v) is 6.13. The molecule has 2 aromatic rings. The minimum Gasteiger partial charge on any atom is -0.492 e. The molecule has 1 unspecified atom stereocenters. The number of hydrogen-bond donors (Lipinski definition) is 1. The summed E-state index contributed by atoms with van der Waals surface area (Å²) < 4.78 is 5.60. The summed E-state index contributed by atoms with van der Waals surface area (Å²) in [7, 11) is 0. The Morgan fingerprint density at radius 3 is 2.90 bits per heavy atom. The van der Waals surface area contributed by atoms with Gasteiger partial charge in [-0.1, -0.05) is 24.6 Å². The van der Waals surface area contributed by atoms with Crippen molar-refractivity contribution in [3.8, 4) is 5.75 Å². The smallest absolute Gasteiger partial charge is 0.137 e. The second-order valence-electron chi connectivity index (χ2n) is 5.04. The van der Waals surface area contributed by atoms with Crippen molar-refractivity contribution in [1.29, 1.82) is 0 Å². The van der Waals surface area contributed by atoms with Gasteiger partial charge in [-0.05, 0) is 37.1 Å². The molecule has 0 saturated heterocycles. The summed E-state index contributed by atoms with van der Waals surface area (Å²) in [6, 6.07) is 10.4. The number of aromatic nitrogens is 1. The van der Waals surface area contributed by atoms with Crippen molar-refractivity contribution >= 4 is 11.8 Å². The van der Waals surface area contributed by atoms with E-state index >= 15 is 0 Å². The Morgan fingerprint density at radius 2 is 2.14 bits per heavy atom. The van der Waals surface area contributed by atoms with Gasteiger partial charge in [0.1, 0.15) is 5.75 Å². The quantitative estimate of drug-likeness (QED) is 0.786. The van der Waals surface area contributed by atoms with E-state index in [1.807, 2.05) is 12.3 Å². The van der Waals surface area contributed by atoms with Gasteiger partial charge in [0.05, 0.1) is 12.8 Å². The van der Waals surface area contributed by atoms with Crippen molar-refractivity contribution in [2.75, 3.05) is 12.4 Å². The normalized spacial score (nSPS) is 12.1. The molecule has 1 heterocycles. The average molecular weight is 302 g/mol.